The summed E-state index contributed by atoms with van der Waals surface area (Å²) >= 11 is 0. The molecule has 1 aliphatic heterocycles. The lowest BCUT2D eigenvalue weighted by atomic mass is 9.88. The van der Waals surface area contributed by atoms with E-state index in [1.165, 1.54) is 23.3 Å². The lowest BCUT2D eigenvalue weighted by Gasteiger charge is -2.27. The van der Waals surface area contributed by atoms with Crippen molar-refractivity contribution in [2.45, 2.75) is 38.5 Å². The van der Waals surface area contributed by atoms with Crippen LogP contribution in [0.4, 0.5) is 14.6 Å². The third-order valence-corrected chi connectivity index (χ3v) is 5.23. The van der Waals surface area contributed by atoms with Crippen molar-refractivity contribution < 1.29 is 18.3 Å². The quantitative estimate of drug-likeness (QED) is 0.655. The van der Waals surface area contributed by atoms with Gasteiger partial charge in [-0.3, -0.25) is 0 Å². The van der Waals surface area contributed by atoms with Crippen LogP contribution in [0.2, 0.25) is 0 Å². The van der Waals surface area contributed by atoms with Gasteiger partial charge >= 0.3 is 6.29 Å². The monoisotopic (exact) mass is 395 g/mol. The fourth-order valence-electron chi connectivity index (χ4n) is 3.98. The zero-order chi connectivity index (χ0) is 20.0. The zero-order valence-electron chi connectivity index (χ0n) is 15.8. The molecule has 0 radical (unpaired) electrons. The first kappa shape index (κ1) is 17.8. The summed E-state index contributed by atoms with van der Waals surface area (Å²) in [4.78, 5) is 8.99. The maximum Gasteiger partial charge on any atom is 0.586 e. The molecule has 0 saturated heterocycles. The van der Waals surface area contributed by atoms with E-state index in [0.29, 0.717) is 22.9 Å². The van der Waals surface area contributed by atoms with Crippen molar-refractivity contribution in [1.82, 2.24) is 9.97 Å². The normalized spacial score (nSPS) is 18.9. The highest BCUT2D eigenvalue weighted by Gasteiger charge is 2.43. The van der Waals surface area contributed by atoms with Gasteiger partial charge in [-0.1, -0.05) is 24.3 Å². The summed E-state index contributed by atoms with van der Waals surface area (Å²) in [6, 6.07) is 15.1. The van der Waals surface area contributed by atoms with Crippen LogP contribution in [-0.4, -0.2) is 16.3 Å². The van der Waals surface area contributed by atoms with E-state index in [1.807, 2.05) is 13.0 Å². The molecule has 2 aliphatic rings. The number of aryl methyl sites for hydroxylation is 2. The van der Waals surface area contributed by atoms with E-state index < -0.39 is 6.29 Å². The first-order chi connectivity index (χ1) is 14.0. The Kier molecular flexibility index (Phi) is 4.12. The number of ether oxygens (including phenoxy) is 2. The molecule has 1 N–H and O–H groups in total. The van der Waals surface area contributed by atoms with Gasteiger partial charge in [-0.15, -0.1) is 8.78 Å². The Hall–Kier alpha value is -3.22. The van der Waals surface area contributed by atoms with Crippen LogP contribution < -0.4 is 14.8 Å². The van der Waals surface area contributed by atoms with Gasteiger partial charge in [-0.25, -0.2) is 9.97 Å². The van der Waals surface area contributed by atoms with Crippen molar-refractivity contribution in [2.75, 3.05) is 5.32 Å². The highest BCUT2D eigenvalue weighted by Crippen LogP contribution is 2.43. The molecule has 0 bridgehead atoms. The van der Waals surface area contributed by atoms with Crippen molar-refractivity contribution in [3.05, 3.63) is 65.5 Å². The minimum Gasteiger partial charge on any atom is -0.395 e. The molecule has 0 fully saturated rings. The molecule has 5 nitrogen and oxygen atoms in total. The van der Waals surface area contributed by atoms with Gasteiger partial charge in [0.05, 0.1) is 11.7 Å². The molecule has 0 spiro atoms. The van der Waals surface area contributed by atoms with Crippen LogP contribution in [-0.2, 0) is 6.42 Å². The Morgan fingerprint density at radius 3 is 2.76 bits per heavy atom. The second kappa shape index (κ2) is 6.69. The van der Waals surface area contributed by atoms with Gasteiger partial charge in [-0.2, -0.15) is 0 Å². The predicted octanol–water partition coefficient (Wildman–Crippen LogP) is 5.26. The summed E-state index contributed by atoms with van der Waals surface area (Å²) in [5, 5.41) is 3.53. The Labute approximate surface area is 166 Å². The van der Waals surface area contributed by atoms with E-state index >= 15 is 0 Å². The first-order valence-corrected chi connectivity index (χ1v) is 9.57. The lowest BCUT2D eigenvalue weighted by Crippen LogP contribution is -2.25. The molecule has 5 rings (SSSR count). The average molecular weight is 395 g/mol. The number of benzene rings is 2. The number of nitrogens with zero attached hydrogens (tertiary/aromatic N) is 2. The molecule has 0 saturated carbocycles. The van der Waals surface area contributed by atoms with E-state index in [-0.39, 0.29) is 17.5 Å². The van der Waals surface area contributed by atoms with Crippen LogP contribution in [0, 0.1) is 6.92 Å². The number of alkyl halides is 2. The molecule has 1 unspecified atom stereocenters. The van der Waals surface area contributed by atoms with Crippen LogP contribution in [0.5, 0.6) is 11.5 Å². The summed E-state index contributed by atoms with van der Waals surface area (Å²) in [7, 11) is 0. The van der Waals surface area contributed by atoms with E-state index in [4.69, 9.17) is 0 Å². The van der Waals surface area contributed by atoms with Crippen LogP contribution in [0.25, 0.3) is 11.3 Å². The van der Waals surface area contributed by atoms with Crippen molar-refractivity contribution >= 4 is 5.82 Å². The fraction of sp³-hybridized carbons (Fsp3) is 0.273. The van der Waals surface area contributed by atoms with Gasteiger partial charge in [0.2, 0.25) is 0 Å². The summed E-state index contributed by atoms with van der Waals surface area (Å²) < 4.78 is 35.6. The molecule has 1 atom stereocenters. The number of aromatic nitrogens is 2. The molecule has 7 heteroatoms. The Morgan fingerprint density at radius 1 is 1.03 bits per heavy atom. The Bertz CT molecular complexity index is 1090. The van der Waals surface area contributed by atoms with E-state index in [1.54, 1.807) is 6.07 Å². The maximum atomic E-state index is 13.3. The number of fused-ring (bicyclic) bond motifs is 2. The van der Waals surface area contributed by atoms with Crippen molar-refractivity contribution in [1.29, 1.82) is 0 Å². The highest BCUT2D eigenvalue weighted by atomic mass is 19.3. The standard InChI is InChI=1S/C22H19F2N3O2/c1-13-25-18(15-9-10-19-20(11-15)29-22(23,24)28-19)12-21(26-13)27-17-8-4-6-14-5-2-3-7-16(14)17/h2-3,5,7,9-12,17H,4,6,8H2,1H3,(H,25,26,27). The predicted molar refractivity (Wildman–Crippen MR) is 104 cm³/mol. The van der Waals surface area contributed by atoms with Crippen LogP contribution in [0.15, 0.2) is 48.5 Å². The van der Waals surface area contributed by atoms with Gasteiger partial charge in [-0.05, 0) is 55.5 Å². The number of anilines is 1. The van der Waals surface area contributed by atoms with Gasteiger partial charge in [0.25, 0.3) is 0 Å². The molecule has 0 amide bonds. The molecule has 1 aliphatic carbocycles. The SMILES string of the molecule is Cc1nc(NC2CCCc3ccccc32)cc(-c2ccc3c(c2)OC(F)(F)O3)n1. The van der Waals surface area contributed by atoms with Crippen LogP contribution in [0.3, 0.4) is 0 Å². The number of halogens is 2. The molecular weight excluding hydrogens is 376 g/mol. The van der Waals surface area contributed by atoms with E-state index in [0.717, 1.165) is 19.3 Å². The van der Waals surface area contributed by atoms with Crippen molar-refractivity contribution in [3.8, 4) is 22.8 Å². The van der Waals surface area contributed by atoms with Crippen molar-refractivity contribution in [3.63, 3.8) is 0 Å². The number of hydrogen-bond donors (Lipinski definition) is 1. The van der Waals surface area contributed by atoms with Gasteiger partial charge in [0, 0.05) is 11.6 Å². The van der Waals surface area contributed by atoms with Gasteiger partial charge in [0.1, 0.15) is 11.6 Å². The van der Waals surface area contributed by atoms with Crippen LogP contribution >= 0.6 is 0 Å². The number of nitrogens with one attached hydrogen (secondary N) is 1. The molecule has 2 heterocycles. The third kappa shape index (κ3) is 3.48. The lowest BCUT2D eigenvalue weighted by molar-refractivity contribution is -0.286. The Morgan fingerprint density at radius 2 is 1.86 bits per heavy atom. The van der Waals surface area contributed by atoms with E-state index in [9.17, 15) is 8.78 Å². The first-order valence-electron chi connectivity index (χ1n) is 9.57. The molecule has 1 aromatic heterocycles. The van der Waals surface area contributed by atoms with Gasteiger partial charge in [0.15, 0.2) is 11.5 Å². The van der Waals surface area contributed by atoms with E-state index in [2.05, 4.69) is 49.0 Å². The van der Waals surface area contributed by atoms with Crippen molar-refractivity contribution in [2.24, 2.45) is 0 Å². The molecule has 2 aromatic carbocycles. The number of rotatable bonds is 3. The minimum atomic E-state index is -3.64. The third-order valence-electron chi connectivity index (χ3n) is 5.23. The second-order valence-electron chi connectivity index (χ2n) is 7.30. The largest absolute Gasteiger partial charge is 0.586 e. The highest BCUT2D eigenvalue weighted by molar-refractivity contribution is 5.67. The Balaban J connectivity index is 1.45. The summed E-state index contributed by atoms with van der Waals surface area (Å²) in [5.74, 6) is 1.32. The molecular formula is C22H19F2N3O2. The minimum absolute atomic E-state index is 0.000479. The second-order valence-corrected chi connectivity index (χ2v) is 7.30. The summed E-state index contributed by atoms with van der Waals surface area (Å²) in [6.45, 7) is 1.81. The number of hydrogen-bond acceptors (Lipinski definition) is 5. The van der Waals surface area contributed by atoms with Gasteiger partial charge < -0.3 is 14.8 Å². The molecule has 29 heavy (non-hydrogen) atoms. The summed E-state index contributed by atoms with van der Waals surface area (Å²) in [5.41, 5.74) is 3.94. The average Bonchev–Trinajstić information content (AvgIpc) is 3.01. The molecule has 3 aromatic rings. The smallest absolute Gasteiger partial charge is 0.395 e. The summed E-state index contributed by atoms with van der Waals surface area (Å²) in [6.07, 6.45) is -0.412. The fourth-order valence-corrected chi connectivity index (χ4v) is 3.98. The van der Waals surface area contributed by atoms with Crippen LogP contribution in [0.1, 0.15) is 35.8 Å². The molecule has 148 valence electrons. The zero-order valence-corrected chi connectivity index (χ0v) is 15.8. The topological polar surface area (TPSA) is 56.3 Å². The maximum absolute atomic E-state index is 13.3.